The second-order valence-corrected chi connectivity index (χ2v) is 34.9. The molecule has 5 aromatic rings. The molecule has 6 aliphatic rings. The molecule has 6 saturated heterocycles. The number of carbonyl (C=O) groups excluding carboxylic acids is 6. The maximum absolute atomic E-state index is 14.5. The average Bonchev–Trinajstić information content (AvgIpc) is 0.845. The van der Waals surface area contributed by atoms with Crippen molar-refractivity contribution >= 4 is 47.0 Å². The van der Waals surface area contributed by atoms with Crippen LogP contribution in [0.2, 0.25) is 5.15 Å². The molecule has 6 fully saturated rings. The first-order valence-electron chi connectivity index (χ1n) is 40.7. The Labute approximate surface area is 694 Å². The van der Waals surface area contributed by atoms with E-state index in [1.807, 2.05) is 125 Å². The first-order chi connectivity index (χ1) is 55.1. The van der Waals surface area contributed by atoms with Crippen LogP contribution in [0.25, 0.3) is 0 Å². The Kier molecular flexibility index (Phi) is 37.5. The van der Waals surface area contributed by atoms with Gasteiger partial charge in [0.2, 0.25) is 11.5 Å². The molecule has 11 rings (SSSR count). The second-order valence-electron chi connectivity index (χ2n) is 34.5. The number of aliphatic hydroxyl groups excluding tert-OH is 1. The Bertz CT molecular complexity index is 4010. The molecule has 5 N–H and O–H groups in total. The Balaban J connectivity index is 0.000000220. The normalized spacial score (nSPS) is 24.9. The largest absolute Gasteiger partial charge is 0.396 e. The number of halogens is 7. The molecular formula is C82H128ClF6N15O14. The molecule has 0 bridgehead atoms. The minimum atomic E-state index is -1.21. The summed E-state index contributed by atoms with van der Waals surface area (Å²) in [4.78, 5) is 98.7. The first-order valence-corrected chi connectivity index (χ1v) is 41.0. The van der Waals surface area contributed by atoms with Crippen molar-refractivity contribution in [2.75, 3.05) is 85.1 Å². The predicted octanol–water partition coefficient (Wildman–Crippen LogP) is 10.8. The van der Waals surface area contributed by atoms with Crippen LogP contribution in [0.5, 0.6) is 0 Å². The highest BCUT2D eigenvalue weighted by atomic mass is 35.5. The number of pyridine rings is 1. The number of amides is 6. The van der Waals surface area contributed by atoms with E-state index in [-0.39, 0.29) is 152 Å². The molecule has 29 nitrogen and oxygen atoms in total. The van der Waals surface area contributed by atoms with Gasteiger partial charge < -0.3 is 72.9 Å². The minimum absolute atomic E-state index is 0.00105. The highest BCUT2D eigenvalue weighted by Gasteiger charge is 2.49. The van der Waals surface area contributed by atoms with Crippen LogP contribution in [-0.2, 0) is 40.3 Å². The summed E-state index contributed by atoms with van der Waals surface area (Å²) < 4.78 is 120. The molecule has 12 atom stereocenters. The Morgan fingerprint density at radius 2 is 0.932 bits per heavy atom. The first kappa shape index (κ1) is 99.0. The monoisotopic (exact) mass is 1700 g/mol. The molecule has 36 heteroatoms. The van der Waals surface area contributed by atoms with E-state index in [4.69, 9.17) is 45.1 Å². The summed E-state index contributed by atoms with van der Waals surface area (Å²) in [6, 6.07) is 4.46. The van der Waals surface area contributed by atoms with E-state index in [1.54, 1.807) is 55.4 Å². The van der Waals surface area contributed by atoms with Gasteiger partial charge in [0.05, 0.1) is 154 Å². The molecule has 6 aliphatic heterocycles. The lowest BCUT2D eigenvalue weighted by Crippen LogP contribution is -2.58. The molecular weight excluding hydrogens is 1570 g/mol. The summed E-state index contributed by atoms with van der Waals surface area (Å²) >= 11 is 5.80. The molecule has 118 heavy (non-hydrogen) atoms. The molecule has 6 amide bonds. The zero-order valence-electron chi connectivity index (χ0n) is 72.4. The van der Waals surface area contributed by atoms with Crippen LogP contribution in [0.15, 0.2) is 54.0 Å². The zero-order chi connectivity index (χ0) is 88.2. The molecule has 664 valence electrons. The fourth-order valence-corrected chi connectivity index (χ4v) is 15.3. The number of piperidine rings is 6. The van der Waals surface area contributed by atoms with Gasteiger partial charge in [-0.2, -0.15) is 10.2 Å². The van der Waals surface area contributed by atoms with Crippen molar-refractivity contribution in [3.05, 3.63) is 104 Å². The molecule has 0 spiro atoms. The summed E-state index contributed by atoms with van der Waals surface area (Å²) in [5.41, 5.74) is 1.67. The van der Waals surface area contributed by atoms with Crippen molar-refractivity contribution in [3.63, 3.8) is 0 Å². The van der Waals surface area contributed by atoms with Gasteiger partial charge >= 0.3 is 0 Å². The number of aliphatic hydroxyl groups is 1. The predicted molar refractivity (Wildman–Crippen MR) is 433 cm³/mol. The third kappa shape index (κ3) is 28.7. The number of rotatable bonds is 19. The number of nitrogens with one attached hydrogen (secondary N) is 4. The number of aromatic amines is 4. The molecule has 0 saturated carbocycles. The fourth-order valence-electron chi connectivity index (χ4n) is 15.1. The second kappa shape index (κ2) is 44.7. The van der Waals surface area contributed by atoms with Crippen molar-refractivity contribution in [3.8, 4) is 0 Å². The quantitative estimate of drug-likeness (QED) is 0.0480. The summed E-state index contributed by atoms with van der Waals surface area (Å²) in [6.45, 7) is 40.6. The summed E-state index contributed by atoms with van der Waals surface area (Å²) in [5.74, 6) is -1.39. The third-order valence-corrected chi connectivity index (χ3v) is 20.6. The van der Waals surface area contributed by atoms with Gasteiger partial charge in [-0.1, -0.05) is 58.4 Å². The molecule has 5 aromatic heterocycles. The van der Waals surface area contributed by atoms with E-state index in [2.05, 4.69) is 40.7 Å². The minimum Gasteiger partial charge on any atom is -0.396 e. The molecule has 0 radical (unpaired) electrons. The topological polar surface area (TPSA) is 334 Å². The van der Waals surface area contributed by atoms with Crippen molar-refractivity contribution in [2.24, 2.45) is 23.3 Å². The van der Waals surface area contributed by atoms with Crippen LogP contribution in [0.1, 0.15) is 214 Å². The maximum Gasteiger partial charge on any atom is 0.276 e. The van der Waals surface area contributed by atoms with E-state index < -0.39 is 89.9 Å². The smallest absolute Gasteiger partial charge is 0.276 e. The highest BCUT2D eigenvalue weighted by Crippen LogP contribution is 2.38. The Hall–Kier alpha value is -7.80. The number of likely N-dealkylation sites (tertiary alicyclic amines) is 6. The van der Waals surface area contributed by atoms with Gasteiger partial charge in [0.1, 0.15) is 42.2 Å². The van der Waals surface area contributed by atoms with Gasteiger partial charge in [-0.25, -0.2) is 26.3 Å². The number of H-pyrrole nitrogens is 4. The standard InChI is InChI=1S/C15H23FN2O2.C14H23FN4O2.C14H22FN3O2.C14H19FN2O3.C13H24FNO3.C12H17ClFN3O2/c1-10(2)20-13-12(16)8-18(9-15(13,3)4)14(19)11-5-6-17-7-11;1-9(2)21-12-10(15)6-19(8-14(12,3)4)13(20)11-7-18(5)17-16-11;1-8(2)20-12-5-6-18(7-11(12)15)14(19)13-9(3)16-17-10(13)4;1-9(2)20-12-4-6-17(8-11(12)15)14(19)10-3-5-16-13(18)7-10;1-9(2)18-12-10(14)7-15(8-13(12,3)4)11(17)5-6-16;1-7(2)19-10-3-4-17(6-9(10)14)12(18)8-5-15-16-11(8)13/h5-7,10,12-13,17H,8-9H2,1-4H3;7,9-10,12H,6,8H2,1-5H3;8,11-12H,5-7H2,1-4H3,(H,16,17);3,5,7,9,11-12H,4,6,8H2,1-2H3,(H,16,18);9-10,12,16H,5-8H2,1-4H3;5,7,9-10H,3-4,6H2,1-2H3,(H,15,16)/t12-,13-;10-,12-;2*11-,12+;10-,12-;9-,10+/m111111/s1. The summed E-state index contributed by atoms with van der Waals surface area (Å²) in [6.07, 6.45) is -0.833. The summed E-state index contributed by atoms with van der Waals surface area (Å²) in [5, 5.41) is 29.5. The number of aryl methyl sites for hydroxylation is 3. The number of aromatic nitrogens is 9. The fraction of sp³-hybridized carbons (Fsp3) is 0.720. The lowest BCUT2D eigenvalue weighted by Gasteiger charge is -2.46. The van der Waals surface area contributed by atoms with Crippen molar-refractivity contribution in [1.82, 2.24) is 74.8 Å². The van der Waals surface area contributed by atoms with E-state index in [1.165, 1.54) is 48.8 Å². The summed E-state index contributed by atoms with van der Waals surface area (Å²) in [7, 11) is 1.69. The number of ether oxygens (including phenoxy) is 6. The van der Waals surface area contributed by atoms with Crippen LogP contribution in [0.3, 0.4) is 0 Å². The number of hydrogen-bond acceptors (Lipinski definition) is 18. The SMILES string of the molecule is CC(C)O[C@@H]1[C@H](F)CN(C(=O)CCO)CC1(C)C.CC(C)O[C@@H]1[C@H](F)CN(C(=O)c2cc[nH]c2)CC1(C)C.CC(C)O[C@@H]1[C@H](F)CN(C(=O)c2cn(C)nn2)CC1(C)C.CC(C)O[C@H]1CCN(C(=O)c2cc[nH]c(=O)c2)C[C@H]1F.CC(C)O[C@H]1CCN(C(=O)c2cn[nH]c2Cl)C[C@H]1F.Cc1n[nH]c(C)c1C(=O)N1CC[C@H](OC(C)C)[C@H](F)C1. The molecule has 0 aliphatic carbocycles. The van der Waals surface area contributed by atoms with Gasteiger partial charge in [0, 0.05) is 105 Å². The van der Waals surface area contributed by atoms with Gasteiger partial charge in [-0.3, -0.25) is 48.4 Å². The van der Waals surface area contributed by atoms with Crippen LogP contribution in [0, 0.1) is 30.1 Å². The van der Waals surface area contributed by atoms with Gasteiger partial charge in [-0.05, 0) is 128 Å². The van der Waals surface area contributed by atoms with E-state index >= 15 is 0 Å². The van der Waals surface area contributed by atoms with Crippen molar-refractivity contribution in [1.29, 1.82) is 0 Å². The van der Waals surface area contributed by atoms with Crippen molar-refractivity contribution in [2.45, 2.75) is 274 Å². The molecule has 11 heterocycles. The number of alkyl halides is 6. The van der Waals surface area contributed by atoms with Crippen LogP contribution >= 0.6 is 11.6 Å². The van der Waals surface area contributed by atoms with Crippen molar-refractivity contribution < 1.29 is 88.6 Å². The van der Waals surface area contributed by atoms with E-state index in [0.717, 1.165) is 5.69 Å². The number of hydrogen-bond donors (Lipinski definition) is 5. The van der Waals surface area contributed by atoms with Gasteiger partial charge in [0.15, 0.2) is 5.69 Å². The van der Waals surface area contributed by atoms with Gasteiger partial charge in [0.25, 0.3) is 29.5 Å². The third-order valence-electron chi connectivity index (χ3n) is 20.3. The maximum atomic E-state index is 14.5. The highest BCUT2D eigenvalue weighted by molar-refractivity contribution is 6.32. The van der Waals surface area contributed by atoms with E-state index in [0.29, 0.717) is 75.4 Å². The van der Waals surface area contributed by atoms with Crippen LogP contribution < -0.4 is 5.56 Å². The Morgan fingerprint density at radius 3 is 1.29 bits per heavy atom. The van der Waals surface area contributed by atoms with E-state index in [9.17, 15) is 59.9 Å². The lowest BCUT2D eigenvalue weighted by molar-refractivity contribution is -0.157. The number of carbonyl (C=O) groups is 6. The van der Waals surface area contributed by atoms with Crippen LogP contribution in [-0.4, -0.2) is 311 Å². The molecule has 0 aromatic carbocycles. The Morgan fingerprint density at radius 1 is 0.534 bits per heavy atom. The zero-order valence-corrected chi connectivity index (χ0v) is 73.1. The van der Waals surface area contributed by atoms with Crippen LogP contribution in [0.4, 0.5) is 26.3 Å². The number of nitrogens with zero attached hydrogens (tertiary/aromatic N) is 11. The molecule has 0 unspecified atom stereocenters. The van der Waals surface area contributed by atoms with Gasteiger partial charge in [-0.15, -0.1) is 5.10 Å². The lowest BCUT2D eigenvalue weighted by atomic mass is 9.79. The average molecular weight is 1700 g/mol.